The van der Waals surface area contributed by atoms with Gasteiger partial charge < -0.3 is 4.90 Å². The van der Waals surface area contributed by atoms with Gasteiger partial charge in [0.2, 0.25) is 0 Å². The monoisotopic (exact) mass is 299 g/mol. The summed E-state index contributed by atoms with van der Waals surface area (Å²) in [4.78, 5) is 22.6. The lowest BCUT2D eigenvalue weighted by Crippen LogP contribution is -2.24. The van der Waals surface area contributed by atoms with Crippen LogP contribution in [0.15, 0.2) is 12.1 Å². The lowest BCUT2D eigenvalue weighted by molar-refractivity contribution is -0.393. The minimum absolute atomic E-state index is 0.0696. The molecule has 108 valence electrons. The molecule has 7 nitrogen and oxygen atoms in total. The minimum atomic E-state index is -0.707. The van der Waals surface area contributed by atoms with Crippen LogP contribution in [-0.2, 0) is 0 Å². The van der Waals surface area contributed by atoms with Gasteiger partial charge in [-0.15, -0.1) is 0 Å². The molecule has 1 saturated heterocycles. The van der Waals surface area contributed by atoms with Gasteiger partial charge in [0.25, 0.3) is 11.4 Å². The maximum Gasteiger partial charge on any atom is 0.299 e. The summed E-state index contributed by atoms with van der Waals surface area (Å²) in [5.41, 5.74) is -0.326. The zero-order valence-electron chi connectivity index (χ0n) is 10.7. The number of nitro groups is 2. The van der Waals surface area contributed by atoms with Crippen molar-refractivity contribution >= 4 is 28.7 Å². The van der Waals surface area contributed by atoms with Gasteiger partial charge in [0.05, 0.1) is 15.9 Å². The van der Waals surface area contributed by atoms with E-state index in [1.807, 2.05) is 4.90 Å². The molecule has 1 heterocycles. The van der Waals surface area contributed by atoms with E-state index in [-0.39, 0.29) is 10.7 Å². The van der Waals surface area contributed by atoms with Crippen molar-refractivity contribution < 1.29 is 9.85 Å². The first-order chi connectivity index (χ1) is 9.50. The Morgan fingerprint density at radius 1 is 0.950 bits per heavy atom. The van der Waals surface area contributed by atoms with Gasteiger partial charge in [-0.3, -0.25) is 20.2 Å². The van der Waals surface area contributed by atoms with E-state index in [4.69, 9.17) is 11.6 Å². The quantitative estimate of drug-likeness (QED) is 0.629. The fourth-order valence-corrected chi connectivity index (χ4v) is 2.62. The third kappa shape index (κ3) is 2.98. The molecule has 1 fully saturated rings. The Morgan fingerprint density at radius 2 is 1.50 bits per heavy atom. The van der Waals surface area contributed by atoms with Crippen molar-refractivity contribution in [1.82, 2.24) is 0 Å². The first-order valence-corrected chi connectivity index (χ1v) is 6.76. The second kappa shape index (κ2) is 6.04. The summed E-state index contributed by atoms with van der Waals surface area (Å²) >= 11 is 5.87. The Morgan fingerprint density at radius 3 is 2.00 bits per heavy atom. The molecule has 0 saturated carbocycles. The number of rotatable bonds is 3. The van der Waals surface area contributed by atoms with Crippen LogP contribution in [0.1, 0.15) is 25.7 Å². The first kappa shape index (κ1) is 14.5. The molecule has 0 spiro atoms. The molecule has 0 unspecified atom stereocenters. The molecule has 0 aliphatic carbocycles. The maximum absolute atomic E-state index is 11.1. The summed E-state index contributed by atoms with van der Waals surface area (Å²) in [5.74, 6) is 0. The van der Waals surface area contributed by atoms with Crippen molar-refractivity contribution in [2.45, 2.75) is 25.7 Å². The zero-order chi connectivity index (χ0) is 14.7. The highest BCUT2D eigenvalue weighted by Crippen LogP contribution is 2.38. The molecule has 1 aromatic rings. The molecule has 2 rings (SSSR count). The van der Waals surface area contributed by atoms with Crippen LogP contribution in [0.25, 0.3) is 0 Å². The van der Waals surface area contributed by atoms with Crippen LogP contribution in [-0.4, -0.2) is 22.9 Å². The molecular weight excluding hydrogens is 286 g/mol. The highest BCUT2D eigenvalue weighted by atomic mass is 35.5. The molecule has 1 aliphatic rings. The molecule has 0 aromatic heterocycles. The van der Waals surface area contributed by atoms with E-state index in [0.29, 0.717) is 18.8 Å². The second-order valence-corrected chi connectivity index (χ2v) is 5.12. The van der Waals surface area contributed by atoms with E-state index in [1.54, 1.807) is 0 Å². The number of nitrogens with zero attached hydrogens (tertiary/aromatic N) is 3. The van der Waals surface area contributed by atoms with E-state index in [1.165, 1.54) is 6.07 Å². The molecule has 1 aliphatic heterocycles. The van der Waals surface area contributed by atoms with Crippen molar-refractivity contribution in [1.29, 1.82) is 0 Å². The van der Waals surface area contributed by atoms with Crippen LogP contribution in [0.4, 0.5) is 17.1 Å². The SMILES string of the molecule is O=[N+]([O-])c1cc([N+](=O)[O-])c(N2CCCCCC2)cc1Cl. The lowest BCUT2D eigenvalue weighted by Gasteiger charge is -2.22. The van der Waals surface area contributed by atoms with Crippen LogP contribution in [0, 0.1) is 20.2 Å². The van der Waals surface area contributed by atoms with Crippen molar-refractivity contribution in [2.75, 3.05) is 18.0 Å². The van der Waals surface area contributed by atoms with Gasteiger partial charge in [-0.1, -0.05) is 24.4 Å². The first-order valence-electron chi connectivity index (χ1n) is 6.38. The van der Waals surface area contributed by atoms with Crippen LogP contribution in [0.3, 0.4) is 0 Å². The Hall–Kier alpha value is -1.89. The van der Waals surface area contributed by atoms with Gasteiger partial charge >= 0.3 is 0 Å². The summed E-state index contributed by atoms with van der Waals surface area (Å²) in [6.07, 6.45) is 4.08. The molecule has 0 amide bonds. The third-order valence-electron chi connectivity index (χ3n) is 3.38. The number of nitro benzene ring substituents is 2. The molecule has 0 N–H and O–H groups in total. The molecule has 0 radical (unpaired) electrons. The topological polar surface area (TPSA) is 89.5 Å². The number of hydrogen-bond acceptors (Lipinski definition) is 5. The summed E-state index contributed by atoms with van der Waals surface area (Å²) in [7, 11) is 0. The zero-order valence-corrected chi connectivity index (χ0v) is 11.5. The van der Waals surface area contributed by atoms with Crippen LogP contribution < -0.4 is 4.90 Å². The fourth-order valence-electron chi connectivity index (χ4n) is 2.39. The number of halogens is 1. The van der Waals surface area contributed by atoms with Gasteiger partial charge in [-0.2, -0.15) is 0 Å². The van der Waals surface area contributed by atoms with Crippen molar-refractivity contribution in [3.8, 4) is 0 Å². The maximum atomic E-state index is 11.1. The largest absolute Gasteiger partial charge is 0.366 e. The molecule has 0 bridgehead atoms. The van der Waals surface area contributed by atoms with Gasteiger partial charge in [0.1, 0.15) is 10.7 Å². The van der Waals surface area contributed by atoms with Gasteiger partial charge in [0, 0.05) is 13.1 Å². The third-order valence-corrected chi connectivity index (χ3v) is 3.69. The Kier molecular flexibility index (Phi) is 4.39. The summed E-state index contributed by atoms with van der Waals surface area (Å²) in [6.45, 7) is 1.41. The van der Waals surface area contributed by atoms with Crippen molar-refractivity contribution in [3.63, 3.8) is 0 Å². The van der Waals surface area contributed by atoms with E-state index in [0.717, 1.165) is 31.7 Å². The summed E-state index contributed by atoms with van der Waals surface area (Å²) in [5, 5.41) is 21.9. The van der Waals surface area contributed by atoms with Crippen LogP contribution in [0.2, 0.25) is 5.02 Å². The van der Waals surface area contributed by atoms with Gasteiger partial charge in [-0.25, -0.2) is 0 Å². The smallest absolute Gasteiger partial charge is 0.299 e. The van der Waals surface area contributed by atoms with Crippen LogP contribution in [0.5, 0.6) is 0 Å². The molecule has 8 heteroatoms. The lowest BCUT2D eigenvalue weighted by atomic mass is 10.2. The number of hydrogen-bond donors (Lipinski definition) is 0. The highest BCUT2D eigenvalue weighted by Gasteiger charge is 2.27. The normalized spacial score (nSPS) is 15.8. The molecule has 1 aromatic carbocycles. The highest BCUT2D eigenvalue weighted by molar-refractivity contribution is 6.33. The van der Waals surface area contributed by atoms with Gasteiger partial charge in [-0.05, 0) is 18.9 Å². The summed E-state index contributed by atoms with van der Waals surface area (Å²) in [6, 6.07) is 2.28. The molecule has 20 heavy (non-hydrogen) atoms. The fraction of sp³-hybridized carbons (Fsp3) is 0.500. The average molecular weight is 300 g/mol. The van der Waals surface area contributed by atoms with Crippen molar-refractivity contribution in [3.05, 3.63) is 37.4 Å². The van der Waals surface area contributed by atoms with Crippen molar-refractivity contribution in [2.24, 2.45) is 0 Å². The number of anilines is 1. The second-order valence-electron chi connectivity index (χ2n) is 4.71. The van der Waals surface area contributed by atoms with E-state index in [9.17, 15) is 20.2 Å². The Balaban J connectivity index is 2.47. The Bertz CT molecular complexity index is 542. The predicted octanol–water partition coefficient (Wildman–Crippen LogP) is 3.54. The average Bonchev–Trinajstić information content (AvgIpc) is 2.66. The number of benzene rings is 1. The van der Waals surface area contributed by atoms with E-state index in [2.05, 4.69) is 0 Å². The molecule has 0 atom stereocenters. The van der Waals surface area contributed by atoms with E-state index < -0.39 is 15.5 Å². The minimum Gasteiger partial charge on any atom is -0.366 e. The Labute approximate surface area is 120 Å². The van der Waals surface area contributed by atoms with Crippen LogP contribution >= 0.6 is 11.6 Å². The van der Waals surface area contributed by atoms with E-state index >= 15 is 0 Å². The standard InChI is InChI=1S/C12H14ClN3O4/c13-9-7-11(14-5-3-1-2-4-6-14)12(16(19)20)8-10(9)15(17)18/h7-8H,1-6H2. The predicted molar refractivity (Wildman–Crippen MR) is 75.4 cm³/mol. The van der Waals surface area contributed by atoms with Gasteiger partial charge in [0.15, 0.2) is 0 Å². The summed E-state index contributed by atoms with van der Waals surface area (Å²) < 4.78 is 0. The molecular formula is C12H14ClN3O4.